The number of nitrogens with one attached hydrogen (secondary N) is 1. The maximum absolute atomic E-state index is 11.2. The molecule has 0 aromatic heterocycles. The van der Waals surface area contributed by atoms with E-state index in [0.717, 1.165) is 18.4 Å². The van der Waals surface area contributed by atoms with E-state index in [1.165, 1.54) is 0 Å². The SMILES string of the molecule is CCC(=O)C1=CC[C@@H]2N[C@@H]2C1. The van der Waals surface area contributed by atoms with Crippen LogP contribution in [0.15, 0.2) is 11.6 Å². The van der Waals surface area contributed by atoms with Crippen molar-refractivity contribution in [3.8, 4) is 0 Å². The van der Waals surface area contributed by atoms with E-state index in [9.17, 15) is 4.79 Å². The Balaban J connectivity index is 2.03. The molecule has 60 valence electrons. The van der Waals surface area contributed by atoms with Crippen molar-refractivity contribution >= 4 is 5.78 Å². The van der Waals surface area contributed by atoms with Gasteiger partial charge in [0, 0.05) is 18.5 Å². The van der Waals surface area contributed by atoms with Crippen LogP contribution in [0.2, 0.25) is 0 Å². The van der Waals surface area contributed by atoms with Crippen molar-refractivity contribution in [3.63, 3.8) is 0 Å². The number of fused-ring (bicyclic) bond motifs is 1. The summed E-state index contributed by atoms with van der Waals surface area (Å²) in [7, 11) is 0. The van der Waals surface area contributed by atoms with Crippen LogP contribution in [0.1, 0.15) is 26.2 Å². The minimum absolute atomic E-state index is 0.331. The maximum atomic E-state index is 11.2. The normalized spacial score (nSPS) is 34.1. The molecule has 0 aromatic rings. The minimum atomic E-state index is 0.331. The Hall–Kier alpha value is -0.630. The van der Waals surface area contributed by atoms with Crippen LogP contribution < -0.4 is 5.32 Å². The molecule has 0 amide bonds. The topological polar surface area (TPSA) is 39.0 Å². The summed E-state index contributed by atoms with van der Waals surface area (Å²) >= 11 is 0. The number of carbonyl (C=O) groups is 1. The molecule has 0 aromatic carbocycles. The van der Waals surface area contributed by atoms with Gasteiger partial charge >= 0.3 is 0 Å². The molecule has 2 heteroatoms. The molecule has 0 radical (unpaired) electrons. The molecule has 2 atom stereocenters. The molecule has 2 rings (SSSR count). The van der Waals surface area contributed by atoms with Crippen molar-refractivity contribution in [2.45, 2.75) is 38.3 Å². The molecular weight excluding hydrogens is 138 g/mol. The van der Waals surface area contributed by atoms with Gasteiger partial charge in [0.05, 0.1) is 0 Å². The molecule has 2 aliphatic rings. The van der Waals surface area contributed by atoms with Crippen molar-refractivity contribution in [2.75, 3.05) is 0 Å². The van der Waals surface area contributed by atoms with Gasteiger partial charge in [-0.05, 0) is 18.4 Å². The zero-order valence-electron chi connectivity index (χ0n) is 6.76. The van der Waals surface area contributed by atoms with Crippen LogP contribution in [0.4, 0.5) is 0 Å². The molecule has 0 bridgehead atoms. The average molecular weight is 151 g/mol. The van der Waals surface area contributed by atoms with E-state index in [1.54, 1.807) is 0 Å². The Morgan fingerprint density at radius 3 is 3.18 bits per heavy atom. The van der Waals surface area contributed by atoms with Crippen LogP contribution in [0.3, 0.4) is 0 Å². The van der Waals surface area contributed by atoms with E-state index >= 15 is 0 Å². The summed E-state index contributed by atoms with van der Waals surface area (Å²) in [5.74, 6) is 0.331. The molecule has 11 heavy (non-hydrogen) atoms. The van der Waals surface area contributed by atoms with Crippen molar-refractivity contribution < 1.29 is 4.79 Å². The van der Waals surface area contributed by atoms with Gasteiger partial charge < -0.3 is 5.32 Å². The highest BCUT2D eigenvalue weighted by Crippen LogP contribution is 2.29. The standard InChI is InChI=1S/C9H13NO/c1-2-9(11)6-3-4-7-8(5-6)10-7/h3,7-8,10H,2,4-5H2,1H3/t7-,8+/m0/s1. The fourth-order valence-corrected chi connectivity index (χ4v) is 1.70. The first-order chi connectivity index (χ1) is 5.31. The van der Waals surface area contributed by atoms with E-state index in [-0.39, 0.29) is 0 Å². The van der Waals surface area contributed by atoms with Gasteiger partial charge in [0.1, 0.15) is 0 Å². The quantitative estimate of drug-likeness (QED) is 0.598. The van der Waals surface area contributed by atoms with Gasteiger partial charge in [-0.25, -0.2) is 0 Å². The lowest BCUT2D eigenvalue weighted by Crippen LogP contribution is -2.09. The number of hydrogen-bond donors (Lipinski definition) is 1. The number of Topliss-reactive ketones (excluding diaryl/α,β-unsaturated/α-hetero) is 1. The highest BCUT2D eigenvalue weighted by molar-refractivity contribution is 5.95. The molecule has 1 aliphatic heterocycles. The Morgan fingerprint density at radius 1 is 1.73 bits per heavy atom. The lowest BCUT2D eigenvalue weighted by atomic mass is 9.95. The highest BCUT2D eigenvalue weighted by atomic mass is 16.1. The fraction of sp³-hybridized carbons (Fsp3) is 0.667. The van der Waals surface area contributed by atoms with Crippen molar-refractivity contribution in [2.24, 2.45) is 0 Å². The van der Waals surface area contributed by atoms with Gasteiger partial charge in [0.2, 0.25) is 0 Å². The van der Waals surface area contributed by atoms with Crippen LogP contribution in [0.5, 0.6) is 0 Å². The predicted octanol–water partition coefficient (Wildman–Crippen LogP) is 1.03. The predicted molar refractivity (Wildman–Crippen MR) is 43.3 cm³/mol. The first-order valence-corrected chi connectivity index (χ1v) is 4.29. The largest absolute Gasteiger partial charge is 0.307 e. The summed E-state index contributed by atoms with van der Waals surface area (Å²) in [6.45, 7) is 1.93. The molecule has 1 fully saturated rings. The van der Waals surface area contributed by atoms with Crippen LogP contribution >= 0.6 is 0 Å². The third kappa shape index (κ3) is 1.23. The van der Waals surface area contributed by atoms with E-state index < -0.39 is 0 Å². The Kier molecular flexibility index (Phi) is 1.57. The first-order valence-electron chi connectivity index (χ1n) is 4.29. The first kappa shape index (κ1) is 7.04. The van der Waals surface area contributed by atoms with Gasteiger partial charge in [-0.3, -0.25) is 4.79 Å². The molecular formula is C9H13NO. The molecule has 1 N–H and O–H groups in total. The molecule has 0 spiro atoms. The maximum Gasteiger partial charge on any atom is 0.158 e. The summed E-state index contributed by atoms with van der Waals surface area (Å²) in [6.07, 6.45) is 4.79. The summed E-state index contributed by atoms with van der Waals surface area (Å²) in [5.41, 5.74) is 1.05. The Bertz CT molecular complexity index is 220. The second-order valence-corrected chi connectivity index (χ2v) is 3.33. The lowest BCUT2D eigenvalue weighted by Gasteiger charge is -2.07. The number of hydrogen-bond acceptors (Lipinski definition) is 2. The van der Waals surface area contributed by atoms with Crippen molar-refractivity contribution in [1.82, 2.24) is 5.32 Å². The smallest absolute Gasteiger partial charge is 0.158 e. The van der Waals surface area contributed by atoms with Crippen LogP contribution in [0, 0.1) is 0 Å². The third-order valence-corrected chi connectivity index (χ3v) is 2.54. The lowest BCUT2D eigenvalue weighted by molar-refractivity contribution is -0.115. The molecule has 2 nitrogen and oxygen atoms in total. The number of ketones is 1. The Morgan fingerprint density at radius 2 is 2.55 bits per heavy atom. The molecule has 1 saturated heterocycles. The zero-order chi connectivity index (χ0) is 7.84. The van der Waals surface area contributed by atoms with Crippen LogP contribution in [-0.4, -0.2) is 17.9 Å². The monoisotopic (exact) mass is 151 g/mol. The number of carbonyl (C=O) groups excluding carboxylic acids is 1. The second-order valence-electron chi connectivity index (χ2n) is 3.33. The van der Waals surface area contributed by atoms with E-state index in [2.05, 4.69) is 11.4 Å². The Labute approximate surface area is 66.7 Å². The van der Waals surface area contributed by atoms with Crippen molar-refractivity contribution in [3.05, 3.63) is 11.6 Å². The van der Waals surface area contributed by atoms with E-state index in [0.29, 0.717) is 24.3 Å². The average Bonchev–Trinajstić information content (AvgIpc) is 2.80. The third-order valence-electron chi connectivity index (χ3n) is 2.54. The van der Waals surface area contributed by atoms with Crippen molar-refractivity contribution in [1.29, 1.82) is 0 Å². The fourth-order valence-electron chi connectivity index (χ4n) is 1.70. The molecule has 0 saturated carbocycles. The minimum Gasteiger partial charge on any atom is -0.307 e. The van der Waals surface area contributed by atoms with Gasteiger partial charge in [0.25, 0.3) is 0 Å². The number of rotatable bonds is 2. The van der Waals surface area contributed by atoms with E-state index in [1.807, 2.05) is 6.92 Å². The summed E-state index contributed by atoms with van der Waals surface area (Å²) in [4.78, 5) is 11.2. The molecule has 1 heterocycles. The van der Waals surface area contributed by atoms with Crippen LogP contribution in [-0.2, 0) is 4.79 Å². The summed E-state index contributed by atoms with van der Waals surface area (Å²) < 4.78 is 0. The van der Waals surface area contributed by atoms with E-state index in [4.69, 9.17) is 0 Å². The van der Waals surface area contributed by atoms with Gasteiger partial charge in [-0.1, -0.05) is 13.0 Å². The van der Waals surface area contributed by atoms with Gasteiger partial charge in [0.15, 0.2) is 5.78 Å². The van der Waals surface area contributed by atoms with Crippen LogP contribution in [0.25, 0.3) is 0 Å². The molecule has 1 aliphatic carbocycles. The second kappa shape index (κ2) is 2.45. The summed E-state index contributed by atoms with van der Waals surface area (Å²) in [6, 6.07) is 1.33. The molecule has 0 unspecified atom stereocenters. The summed E-state index contributed by atoms with van der Waals surface area (Å²) in [5, 5.41) is 3.34. The highest BCUT2D eigenvalue weighted by Gasteiger charge is 2.38. The van der Waals surface area contributed by atoms with Gasteiger partial charge in [-0.2, -0.15) is 0 Å². The van der Waals surface area contributed by atoms with Gasteiger partial charge in [-0.15, -0.1) is 0 Å². The zero-order valence-corrected chi connectivity index (χ0v) is 6.76.